The molecule has 4 nitrogen and oxygen atoms in total. The van der Waals surface area contributed by atoms with Crippen molar-refractivity contribution in [1.29, 1.82) is 0 Å². The van der Waals surface area contributed by atoms with E-state index in [2.05, 4.69) is 17.0 Å². The third-order valence-corrected chi connectivity index (χ3v) is 3.65. The maximum Gasteiger partial charge on any atom is 0.220 e. The number of rotatable bonds is 6. The van der Waals surface area contributed by atoms with E-state index < -0.39 is 0 Å². The summed E-state index contributed by atoms with van der Waals surface area (Å²) < 4.78 is 5.66. The number of hydrogen-bond donors (Lipinski definition) is 1. The van der Waals surface area contributed by atoms with Crippen LogP contribution in [0.15, 0.2) is 30.3 Å². The molecule has 1 fully saturated rings. The van der Waals surface area contributed by atoms with Gasteiger partial charge in [0.2, 0.25) is 5.91 Å². The second kappa shape index (κ2) is 7.26. The zero-order valence-electron chi connectivity index (χ0n) is 11.3. The van der Waals surface area contributed by atoms with Crippen LogP contribution in [0.1, 0.15) is 18.4 Å². The van der Waals surface area contributed by atoms with E-state index in [1.54, 1.807) is 0 Å². The lowest BCUT2D eigenvalue weighted by atomic mass is 9.96. The van der Waals surface area contributed by atoms with Gasteiger partial charge in [-0.15, -0.1) is 0 Å². The Kier molecular flexibility index (Phi) is 5.36. The number of hydrogen-bond acceptors (Lipinski definition) is 3. The number of likely N-dealkylation sites (tertiary alicyclic amines) is 1. The van der Waals surface area contributed by atoms with Crippen molar-refractivity contribution in [3.63, 3.8) is 0 Å². The predicted octanol–water partition coefficient (Wildman–Crippen LogP) is 1.40. The Morgan fingerprint density at radius 1 is 1.26 bits per heavy atom. The van der Waals surface area contributed by atoms with Crippen LogP contribution in [0.25, 0.3) is 0 Å². The highest BCUT2D eigenvalue weighted by molar-refractivity contribution is 5.76. The average molecular weight is 262 g/mol. The monoisotopic (exact) mass is 262 g/mol. The Bertz CT molecular complexity index is 386. The highest BCUT2D eigenvalue weighted by Crippen LogP contribution is 2.16. The molecular weight excluding hydrogens is 240 g/mol. The fourth-order valence-electron chi connectivity index (χ4n) is 2.40. The smallest absolute Gasteiger partial charge is 0.220 e. The predicted molar refractivity (Wildman–Crippen MR) is 74.5 cm³/mol. The summed E-state index contributed by atoms with van der Waals surface area (Å²) in [6, 6.07) is 10.2. The molecule has 4 heteroatoms. The summed E-state index contributed by atoms with van der Waals surface area (Å²) in [5, 5.41) is 0. The summed E-state index contributed by atoms with van der Waals surface area (Å²) in [5.74, 6) is -0.0820. The molecule has 19 heavy (non-hydrogen) atoms. The van der Waals surface area contributed by atoms with E-state index in [-0.39, 0.29) is 11.8 Å². The van der Waals surface area contributed by atoms with Crippen molar-refractivity contribution in [2.45, 2.75) is 19.4 Å². The molecule has 1 aliphatic rings. The van der Waals surface area contributed by atoms with Gasteiger partial charge in [0.15, 0.2) is 0 Å². The number of amides is 1. The maximum atomic E-state index is 11.1. The largest absolute Gasteiger partial charge is 0.375 e. The molecule has 1 amide bonds. The summed E-state index contributed by atoms with van der Waals surface area (Å²) in [4.78, 5) is 13.4. The van der Waals surface area contributed by atoms with Gasteiger partial charge in [-0.1, -0.05) is 30.3 Å². The number of nitrogens with two attached hydrogens (primary N) is 1. The van der Waals surface area contributed by atoms with Crippen LogP contribution < -0.4 is 5.73 Å². The van der Waals surface area contributed by atoms with Crippen LogP contribution in [-0.2, 0) is 16.1 Å². The average Bonchev–Trinajstić information content (AvgIpc) is 2.45. The van der Waals surface area contributed by atoms with E-state index in [0.29, 0.717) is 6.61 Å². The highest BCUT2D eigenvalue weighted by Gasteiger charge is 2.22. The molecule has 2 N–H and O–H groups in total. The van der Waals surface area contributed by atoms with Crippen LogP contribution in [0.2, 0.25) is 0 Å². The van der Waals surface area contributed by atoms with Gasteiger partial charge in [0, 0.05) is 12.5 Å². The standard InChI is InChI=1S/C15H22N2O2/c16-15(18)14-6-8-17(9-7-14)10-11-19-12-13-4-2-1-3-5-13/h1-5,14H,6-12H2,(H2,16,18). The quantitative estimate of drug-likeness (QED) is 0.788. The van der Waals surface area contributed by atoms with Crippen LogP contribution in [0.4, 0.5) is 0 Å². The van der Waals surface area contributed by atoms with Gasteiger partial charge in [-0.3, -0.25) is 4.79 Å². The highest BCUT2D eigenvalue weighted by atomic mass is 16.5. The van der Waals surface area contributed by atoms with E-state index >= 15 is 0 Å². The molecule has 0 atom stereocenters. The number of piperidine rings is 1. The molecule has 1 heterocycles. The van der Waals surface area contributed by atoms with Gasteiger partial charge in [-0.05, 0) is 31.5 Å². The van der Waals surface area contributed by atoms with Crippen LogP contribution >= 0.6 is 0 Å². The molecule has 104 valence electrons. The molecule has 0 unspecified atom stereocenters. The lowest BCUT2D eigenvalue weighted by Gasteiger charge is -2.30. The number of ether oxygens (including phenoxy) is 1. The third-order valence-electron chi connectivity index (χ3n) is 3.65. The maximum absolute atomic E-state index is 11.1. The molecule has 0 bridgehead atoms. The van der Waals surface area contributed by atoms with Crippen molar-refractivity contribution >= 4 is 5.91 Å². The minimum absolute atomic E-state index is 0.0708. The summed E-state index contributed by atoms with van der Waals surface area (Å²) in [6.45, 7) is 4.22. The Hall–Kier alpha value is -1.39. The molecule has 0 radical (unpaired) electrons. The van der Waals surface area contributed by atoms with Crippen LogP contribution in [0, 0.1) is 5.92 Å². The van der Waals surface area contributed by atoms with E-state index in [4.69, 9.17) is 10.5 Å². The van der Waals surface area contributed by atoms with E-state index in [1.807, 2.05) is 18.2 Å². The minimum Gasteiger partial charge on any atom is -0.375 e. The molecule has 0 spiro atoms. The summed E-state index contributed by atoms with van der Waals surface area (Å²) in [7, 11) is 0. The first-order valence-corrected chi connectivity index (χ1v) is 6.89. The number of benzene rings is 1. The molecule has 0 saturated carbocycles. The lowest BCUT2D eigenvalue weighted by molar-refractivity contribution is -0.123. The topological polar surface area (TPSA) is 55.6 Å². The number of nitrogens with zero attached hydrogens (tertiary/aromatic N) is 1. The Morgan fingerprint density at radius 2 is 1.95 bits per heavy atom. The van der Waals surface area contributed by atoms with Gasteiger partial charge >= 0.3 is 0 Å². The number of carbonyl (C=O) groups is 1. The third kappa shape index (κ3) is 4.65. The van der Waals surface area contributed by atoms with Gasteiger partial charge in [0.05, 0.1) is 13.2 Å². The van der Waals surface area contributed by atoms with Crippen molar-refractivity contribution in [2.75, 3.05) is 26.2 Å². The first kappa shape index (κ1) is 14.0. The van der Waals surface area contributed by atoms with Crippen molar-refractivity contribution < 1.29 is 9.53 Å². The van der Waals surface area contributed by atoms with Crippen LogP contribution in [-0.4, -0.2) is 37.0 Å². The Labute approximate surface area is 114 Å². The zero-order chi connectivity index (χ0) is 13.5. The van der Waals surface area contributed by atoms with Crippen LogP contribution in [0.3, 0.4) is 0 Å². The van der Waals surface area contributed by atoms with Crippen molar-refractivity contribution in [3.8, 4) is 0 Å². The molecule has 0 aliphatic carbocycles. The van der Waals surface area contributed by atoms with Gasteiger partial charge in [0.25, 0.3) is 0 Å². The fourth-order valence-corrected chi connectivity index (χ4v) is 2.40. The second-order valence-corrected chi connectivity index (χ2v) is 5.06. The Morgan fingerprint density at radius 3 is 2.58 bits per heavy atom. The van der Waals surface area contributed by atoms with E-state index in [1.165, 1.54) is 5.56 Å². The summed E-state index contributed by atoms with van der Waals surface area (Å²) >= 11 is 0. The zero-order valence-corrected chi connectivity index (χ0v) is 11.3. The number of carbonyl (C=O) groups excluding carboxylic acids is 1. The minimum atomic E-state index is -0.153. The van der Waals surface area contributed by atoms with E-state index in [0.717, 1.165) is 39.1 Å². The number of primary amides is 1. The van der Waals surface area contributed by atoms with Gasteiger partial charge in [-0.25, -0.2) is 0 Å². The molecule has 0 aromatic heterocycles. The molecule has 1 aromatic carbocycles. The van der Waals surface area contributed by atoms with Crippen molar-refractivity contribution in [3.05, 3.63) is 35.9 Å². The molecule has 1 saturated heterocycles. The first-order chi connectivity index (χ1) is 9.25. The molecule has 2 rings (SSSR count). The van der Waals surface area contributed by atoms with Crippen molar-refractivity contribution in [2.24, 2.45) is 11.7 Å². The van der Waals surface area contributed by atoms with E-state index in [9.17, 15) is 4.79 Å². The summed E-state index contributed by atoms with van der Waals surface area (Å²) in [5.41, 5.74) is 6.52. The SMILES string of the molecule is NC(=O)C1CCN(CCOCc2ccccc2)CC1. The second-order valence-electron chi connectivity index (χ2n) is 5.06. The van der Waals surface area contributed by atoms with Crippen molar-refractivity contribution in [1.82, 2.24) is 4.90 Å². The first-order valence-electron chi connectivity index (χ1n) is 6.89. The normalized spacial score (nSPS) is 17.5. The molecular formula is C15H22N2O2. The molecule has 1 aromatic rings. The Balaban J connectivity index is 1.58. The van der Waals surface area contributed by atoms with Crippen LogP contribution in [0.5, 0.6) is 0 Å². The molecule has 1 aliphatic heterocycles. The lowest BCUT2D eigenvalue weighted by Crippen LogP contribution is -2.39. The van der Waals surface area contributed by atoms with Gasteiger partial charge in [0.1, 0.15) is 0 Å². The van der Waals surface area contributed by atoms with Gasteiger partial charge < -0.3 is 15.4 Å². The van der Waals surface area contributed by atoms with Gasteiger partial charge in [-0.2, -0.15) is 0 Å². The fraction of sp³-hybridized carbons (Fsp3) is 0.533. The summed E-state index contributed by atoms with van der Waals surface area (Å²) in [6.07, 6.45) is 1.77.